The van der Waals surface area contributed by atoms with Crippen LogP contribution in [0.4, 0.5) is 0 Å². The second-order valence-corrected chi connectivity index (χ2v) is 8.43. The third-order valence-electron chi connectivity index (χ3n) is 5.31. The molecular weight excluding hydrogens is 336 g/mol. The molecule has 0 N–H and O–H groups in total. The number of rotatable bonds is 7. The third-order valence-corrected chi connectivity index (χ3v) is 5.31. The molecule has 0 aliphatic carbocycles. The van der Waals surface area contributed by atoms with Gasteiger partial charge in [0.1, 0.15) is 0 Å². The van der Waals surface area contributed by atoms with Crippen LogP contribution in [0, 0.1) is 5.92 Å². The molecule has 1 fully saturated rings. The summed E-state index contributed by atoms with van der Waals surface area (Å²) in [6.07, 6.45) is 3.26. The maximum Gasteiger partial charge on any atom is 0.253 e. The summed E-state index contributed by atoms with van der Waals surface area (Å²) in [5, 5.41) is 1.16. The van der Waals surface area contributed by atoms with Gasteiger partial charge < -0.3 is 14.4 Å². The van der Waals surface area contributed by atoms with E-state index in [0.717, 1.165) is 63.2 Å². The average Bonchev–Trinajstić information content (AvgIpc) is 3.03. The van der Waals surface area contributed by atoms with E-state index in [4.69, 9.17) is 0 Å². The van der Waals surface area contributed by atoms with E-state index in [-0.39, 0.29) is 5.91 Å². The molecule has 0 spiro atoms. The summed E-state index contributed by atoms with van der Waals surface area (Å²) in [5.41, 5.74) is 2.03. The van der Waals surface area contributed by atoms with Crippen molar-refractivity contribution in [2.24, 2.45) is 5.92 Å². The van der Waals surface area contributed by atoms with Crippen LogP contribution in [0.3, 0.4) is 0 Å². The fourth-order valence-electron chi connectivity index (χ4n) is 3.92. The Morgan fingerprint density at radius 1 is 1.11 bits per heavy atom. The Bertz CT molecular complexity index is 757. The summed E-state index contributed by atoms with van der Waals surface area (Å²) >= 11 is 0. The first-order chi connectivity index (χ1) is 12.9. The van der Waals surface area contributed by atoms with Crippen LogP contribution in [0.15, 0.2) is 30.5 Å². The van der Waals surface area contributed by atoms with Gasteiger partial charge in [-0.2, -0.15) is 0 Å². The molecule has 0 atom stereocenters. The van der Waals surface area contributed by atoms with E-state index < -0.39 is 0 Å². The van der Waals surface area contributed by atoms with Gasteiger partial charge in [0.25, 0.3) is 5.91 Å². The molecule has 0 bridgehead atoms. The Kier molecular flexibility index (Phi) is 6.55. The van der Waals surface area contributed by atoms with Crippen LogP contribution in [0.2, 0.25) is 0 Å². The molecule has 3 rings (SSSR count). The summed E-state index contributed by atoms with van der Waals surface area (Å²) in [7, 11) is 4.21. The molecule has 0 radical (unpaired) electrons. The van der Waals surface area contributed by atoms with Crippen molar-refractivity contribution in [1.82, 2.24) is 19.3 Å². The molecule has 1 aromatic carbocycles. The number of carbonyl (C=O) groups excluding carboxylic acids is 1. The first-order valence-electron chi connectivity index (χ1n) is 10.2. The molecule has 2 heterocycles. The van der Waals surface area contributed by atoms with Crippen LogP contribution < -0.4 is 0 Å². The van der Waals surface area contributed by atoms with Crippen LogP contribution >= 0.6 is 0 Å². The maximum atomic E-state index is 12.9. The van der Waals surface area contributed by atoms with Crippen molar-refractivity contribution in [2.45, 2.75) is 26.8 Å². The van der Waals surface area contributed by atoms with E-state index in [9.17, 15) is 4.79 Å². The largest absolute Gasteiger partial charge is 0.347 e. The lowest BCUT2D eigenvalue weighted by molar-refractivity contribution is 0.0624. The minimum absolute atomic E-state index is 0.168. The zero-order valence-electron chi connectivity index (χ0n) is 17.3. The van der Waals surface area contributed by atoms with Gasteiger partial charge in [-0.1, -0.05) is 13.8 Å². The second kappa shape index (κ2) is 8.89. The summed E-state index contributed by atoms with van der Waals surface area (Å²) in [4.78, 5) is 19.6. The maximum absolute atomic E-state index is 12.9. The lowest BCUT2D eigenvalue weighted by Gasteiger charge is -2.35. The van der Waals surface area contributed by atoms with Gasteiger partial charge in [0.2, 0.25) is 0 Å². The molecule has 1 aromatic heterocycles. The molecule has 5 heteroatoms. The van der Waals surface area contributed by atoms with Gasteiger partial charge in [-0.15, -0.1) is 0 Å². The number of aryl methyl sites for hydroxylation is 1. The average molecular weight is 371 g/mol. The first-order valence-corrected chi connectivity index (χ1v) is 10.2. The molecule has 27 heavy (non-hydrogen) atoms. The number of hydrogen-bond donors (Lipinski definition) is 0. The van der Waals surface area contributed by atoms with E-state index in [1.807, 2.05) is 11.0 Å². The lowest BCUT2D eigenvalue weighted by atomic mass is 10.1. The number of benzene rings is 1. The van der Waals surface area contributed by atoms with E-state index in [0.29, 0.717) is 5.92 Å². The van der Waals surface area contributed by atoms with E-state index in [1.54, 1.807) is 0 Å². The summed E-state index contributed by atoms with van der Waals surface area (Å²) in [5.74, 6) is 0.845. The highest BCUT2D eigenvalue weighted by atomic mass is 16.2. The molecule has 1 saturated heterocycles. The minimum Gasteiger partial charge on any atom is -0.347 e. The van der Waals surface area contributed by atoms with Crippen molar-refractivity contribution in [3.63, 3.8) is 0 Å². The highest BCUT2D eigenvalue weighted by molar-refractivity contribution is 5.98. The molecule has 1 aliphatic heterocycles. The Morgan fingerprint density at radius 2 is 1.85 bits per heavy atom. The fourth-order valence-corrected chi connectivity index (χ4v) is 3.92. The smallest absolute Gasteiger partial charge is 0.253 e. The standard InChI is InChI=1S/C22H34N4O/c1-18(2)17-24-12-14-26(15-13-24)22(27)20-6-7-21-19(16-20)8-11-25(21)10-5-9-23(3)4/h6-8,11,16,18H,5,9-10,12-15,17H2,1-4H3. The van der Waals surface area contributed by atoms with Gasteiger partial charge >= 0.3 is 0 Å². The van der Waals surface area contributed by atoms with E-state index >= 15 is 0 Å². The quantitative estimate of drug-likeness (QED) is 0.751. The Hall–Kier alpha value is -1.85. The molecule has 1 aliphatic rings. The van der Waals surface area contributed by atoms with Crippen LogP contribution in [0.5, 0.6) is 0 Å². The molecule has 0 saturated carbocycles. The number of nitrogens with zero attached hydrogens (tertiary/aromatic N) is 4. The van der Waals surface area contributed by atoms with Gasteiger partial charge in [0.15, 0.2) is 0 Å². The highest BCUT2D eigenvalue weighted by Gasteiger charge is 2.22. The Morgan fingerprint density at radius 3 is 2.52 bits per heavy atom. The monoisotopic (exact) mass is 370 g/mol. The Balaban J connectivity index is 1.63. The second-order valence-electron chi connectivity index (χ2n) is 8.43. The minimum atomic E-state index is 0.168. The number of fused-ring (bicyclic) bond motifs is 1. The van der Waals surface area contributed by atoms with Gasteiger partial charge in [-0.25, -0.2) is 0 Å². The zero-order valence-corrected chi connectivity index (χ0v) is 17.3. The number of aromatic nitrogens is 1. The predicted octanol–water partition coefficient (Wildman–Crippen LogP) is 3.01. The molecule has 0 unspecified atom stereocenters. The predicted molar refractivity (Wildman–Crippen MR) is 112 cm³/mol. The molecule has 148 valence electrons. The fraction of sp³-hybridized carbons (Fsp3) is 0.591. The molecule has 1 amide bonds. The van der Waals surface area contributed by atoms with Gasteiger partial charge in [0, 0.05) is 61.9 Å². The SMILES string of the molecule is CC(C)CN1CCN(C(=O)c2ccc3c(ccn3CCCN(C)C)c2)CC1. The third kappa shape index (κ3) is 5.11. The highest BCUT2D eigenvalue weighted by Crippen LogP contribution is 2.20. The van der Waals surface area contributed by atoms with Gasteiger partial charge in [-0.05, 0) is 57.2 Å². The molecule has 5 nitrogen and oxygen atoms in total. The van der Waals surface area contributed by atoms with E-state index in [2.05, 4.69) is 66.7 Å². The first kappa shape index (κ1) is 19.9. The summed E-state index contributed by atoms with van der Waals surface area (Å²) < 4.78 is 2.29. The Labute approximate surface area is 163 Å². The number of amides is 1. The van der Waals surface area contributed by atoms with Crippen molar-refractivity contribution in [3.8, 4) is 0 Å². The van der Waals surface area contributed by atoms with E-state index in [1.165, 1.54) is 5.52 Å². The number of carbonyl (C=O) groups is 1. The van der Waals surface area contributed by atoms with Crippen LogP contribution in [-0.2, 0) is 6.54 Å². The lowest BCUT2D eigenvalue weighted by Crippen LogP contribution is -2.49. The summed E-state index contributed by atoms with van der Waals surface area (Å²) in [6.45, 7) is 11.3. The van der Waals surface area contributed by atoms with Crippen molar-refractivity contribution in [3.05, 3.63) is 36.0 Å². The van der Waals surface area contributed by atoms with Crippen LogP contribution in [-0.4, -0.2) is 78.5 Å². The topological polar surface area (TPSA) is 31.7 Å². The molecule has 2 aromatic rings. The van der Waals surface area contributed by atoms with Crippen molar-refractivity contribution < 1.29 is 4.79 Å². The van der Waals surface area contributed by atoms with Gasteiger partial charge in [-0.3, -0.25) is 9.69 Å². The van der Waals surface area contributed by atoms with Crippen molar-refractivity contribution >= 4 is 16.8 Å². The number of piperazine rings is 1. The van der Waals surface area contributed by atoms with Gasteiger partial charge in [0.05, 0.1) is 0 Å². The molecular formula is C22H34N4O. The van der Waals surface area contributed by atoms with Crippen molar-refractivity contribution in [2.75, 3.05) is 53.4 Å². The number of hydrogen-bond acceptors (Lipinski definition) is 3. The van der Waals surface area contributed by atoms with Crippen molar-refractivity contribution in [1.29, 1.82) is 0 Å². The zero-order chi connectivity index (χ0) is 19.4. The van der Waals surface area contributed by atoms with Crippen LogP contribution in [0.1, 0.15) is 30.6 Å². The summed E-state index contributed by atoms with van der Waals surface area (Å²) in [6, 6.07) is 8.28. The normalized spacial score (nSPS) is 16.0. The van der Waals surface area contributed by atoms with Crippen LogP contribution in [0.25, 0.3) is 10.9 Å².